The van der Waals surface area contributed by atoms with Gasteiger partial charge in [0.25, 0.3) is 0 Å². The number of alkyl carbamates (subject to hydrolysis) is 1. The van der Waals surface area contributed by atoms with Gasteiger partial charge >= 0.3 is 6.09 Å². The van der Waals surface area contributed by atoms with Crippen LogP contribution in [0, 0.1) is 5.92 Å². The largest absolute Gasteiger partial charge is 0.444 e. The molecule has 154 valence electrons. The van der Waals surface area contributed by atoms with Gasteiger partial charge in [0.15, 0.2) is 0 Å². The van der Waals surface area contributed by atoms with Crippen molar-refractivity contribution in [2.24, 2.45) is 5.92 Å². The molecular formula is C21H30N2O4S. The van der Waals surface area contributed by atoms with E-state index < -0.39 is 21.7 Å². The maximum atomic E-state index is 12.9. The minimum atomic E-state index is -3.46. The van der Waals surface area contributed by atoms with E-state index >= 15 is 0 Å². The molecule has 1 amide bonds. The van der Waals surface area contributed by atoms with Gasteiger partial charge in [0.05, 0.1) is 0 Å². The summed E-state index contributed by atoms with van der Waals surface area (Å²) in [6.45, 7) is 6.02. The number of hydrogen-bond donors (Lipinski definition) is 1. The van der Waals surface area contributed by atoms with E-state index in [-0.39, 0.29) is 18.0 Å². The molecule has 6 nitrogen and oxygen atoms in total. The predicted molar refractivity (Wildman–Crippen MR) is 110 cm³/mol. The Hall–Kier alpha value is -1.86. The molecule has 0 spiro atoms. The fourth-order valence-electron chi connectivity index (χ4n) is 4.17. The molecule has 2 bridgehead atoms. The van der Waals surface area contributed by atoms with Crippen LogP contribution in [0.5, 0.6) is 0 Å². The van der Waals surface area contributed by atoms with Crippen molar-refractivity contribution in [3.8, 4) is 0 Å². The highest BCUT2D eigenvalue weighted by molar-refractivity contribution is 7.92. The van der Waals surface area contributed by atoms with Crippen LogP contribution in [0.4, 0.5) is 4.79 Å². The molecule has 2 heterocycles. The fraction of sp³-hybridized carbons (Fsp3) is 0.571. The molecule has 3 rings (SSSR count). The van der Waals surface area contributed by atoms with E-state index in [1.807, 2.05) is 51.1 Å². The van der Waals surface area contributed by atoms with Crippen molar-refractivity contribution in [3.63, 3.8) is 0 Å². The molecule has 2 atom stereocenters. The minimum Gasteiger partial charge on any atom is -0.444 e. The number of piperidine rings is 1. The van der Waals surface area contributed by atoms with Crippen molar-refractivity contribution in [3.05, 3.63) is 41.3 Å². The fourth-order valence-corrected chi connectivity index (χ4v) is 5.85. The number of benzene rings is 1. The molecule has 1 aromatic carbocycles. The van der Waals surface area contributed by atoms with Crippen molar-refractivity contribution < 1.29 is 17.9 Å². The number of nitrogens with one attached hydrogen (secondary N) is 1. The van der Waals surface area contributed by atoms with E-state index in [1.54, 1.807) is 10.4 Å². The number of fused-ring (bicyclic) bond motifs is 2. The maximum absolute atomic E-state index is 12.9. The van der Waals surface area contributed by atoms with E-state index in [1.165, 1.54) is 5.41 Å². The first-order valence-corrected chi connectivity index (χ1v) is 11.4. The molecule has 2 fully saturated rings. The Morgan fingerprint density at radius 2 is 1.79 bits per heavy atom. The Morgan fingerprint density at radius 1 is 1.18 bits per heavy atom. The lowest BCUT2D eigenvalue weighted by molar-refractivity contribution is 0.0507. The lowest BCUT2D eigenvalue weighted by Gasteiger charge is -2.37. The summed E-state index contributed by atoms with van der Waals surface area (Å²) in [7, 11) is -3.46. The lowest BCUT2D eigenvalue weighted by atomic mass is 9.92. The zero-order chi connectivity index (χ0) is 20.4. The SMILES string of the molecule is CC(C)(C)OC(=O)NCC1CC2CCC(C1)N2S(=O)(=O)/C=C/c1ccccc1. The van der Waals surface area contributed by atoms with Crippen molar-refractivity contribution in [1.82, 2.24) is 9.62 Å². The van der Waals surface area contributed by atoms with Gasteiger partial charge in [-0.25, -0.2) is 13.2 Å². The number of sulfonamides is 1. The van der Waals surface area contributed by atoms with Crippen LogP contribution in [-0.2, 0) is 14.8 Å². The van der Waals surface area contributed by atoms with E-state index in [4.69, 9.17) is 4.74 Å². The first kappa shape index (κ1) is 20.9. The van der Waals surface area contributed by atoms with Crippen LogP contribution >= 0.6 is 0 Å². The van der Waals surface area contributed by atoms with Crippen LogP contribution in [0.2, 0.25) is 0 Å². The third kappa shape index (κ3) is 5.35. The molecule has 2 aliphatic heterocycles. The molecule has 2 saturated heterocycles. The quantitative estimate of drug-likeness (QED) is 0.808. The van der Waals surface area contributed by atoms with Gasteiger partial charge in [-0.15, -0.1) is 0 Å². The minimum absolute atomic E-state index is 0.00890. The van der Waals surface area contributed by atoms with Crippen molar-refractivity contribution in [2.75, 3.05) is 6.54 Å². The van der Waals surface area contributed by atoms with Crippen LogP contribution in [-0.4, -0.2) is 43.0 Å². The summed E-state index contributed by atoms with van der Waals surface area (Å²) in [4.78, 5) is 11.9. The number of carbonyl (C=O) groups excluding carboxylic acids is 1. The van der Waals surface area contributed by atoms with Gasteiger partial charge < -0.3 is 10.1 Å². The van der Waals surface area contributed by atoms with E-state index in [9.17, 15) is 13.2 Å². The Balaban J connectivity index is 1.59. The zero-order valence-corrected chi connectivity index (χ0v) is 17.6. The third-order valence-electron chi connectivity index (χ3n) is 5.22. The van der Waals surface area contributed by atoms with E-state index in [0.29, 0.717) is 6.54 Å². The molecule has 1 aromatic rings. The maximum Gasteiger partial charge on any atom is 0.407 e. The summed E-state index contributed by atoms with van der Waals surface area (Å²) in [5.74, 6) is 0.273. The van der Waals surface area contributed by atoms with E-state index in [0.717, 1.165) is 31.2 Å². The first-order chi connectivity index (χ1) is 13.1. The van der Waals surface area contributed by atoms with Gasteiger partial charge in [-0.3, -0.25) is 0 Å². The summed E-state index contributed by atoms with van der Waals surface area (Å²) >= 11 is 0. The predicted octanol–water partition coefficient (Wildman–Crippen LogP) is 3.75. The van der Waals surface area contributed by atoms with Crippen LogP contribution in [0.15, 0.2) is 35.7 Å². The van der Waals surface area contributed by atoms with Gasteiger partial charge in [0.2, 0.25) is 10.0 Å². The van der Waals surface area contributed by atoms with Crippen molar-refractivity contribution >= 4 is 22.2 Å². The number of hydrogen-bond acceptors (Lipinski definition) is 4. The summed E-state index contributed by atoms with van der Waals surface area (Å²) in [5.41, 5.74) is 0.348. The lowest BCUT2D eigenvalue weighted by Crippen LogP contribution is -2.48. The summed E-state index contributed by atoms with van der Waals surface area (Å²) in [5, 5.41) is 4.16. The Labute approximate surface area is 168 Å². The van der Waals surface area contributed by atoms with Crippen LogP contribution < -0.4 is 5.32 Å². The van der Waals surface area contributed by atoms with Crippen LogP contribution in [0.1, 0.15) is 52.0 Å². The van der Waals surface area contributed by atoms with Gasteiger partial charge in [-0.2, -0.15) is 4.31 Å². The number of ether oxygens (including phenoxy) is 1. The van der Waals surface area contributed by atoms with Gasteiger partial charge in [0, 0.05) is 24.0 Å². The van der Waals surface area contributed by atoms with Gasteiger partial charge in [0.1, 0.15) is 5.60 Å². The van der Waals surface area contributed by atoms with E-state index in [2.05, 4.69) is 5.32 Å². The second-order valence-corrected chi connectivity index (χ2v) is 10.4. The van der Waals surface area contributed by atoms with Crippen molar-refractivity contribution in [1.29, 1.82) is 0 Å². The average molecular weight is 407 g/mol. The average Bonchev–Trinajstić information content (AvgIpc) is 2.90. The Bertz CT molecular complexity index is 801. The highest BCUT2D eigenvalue weighted by Gasteiger charge is 2.45. The van der Waals surface area contributed by atoms with Gasteiger partial charge in [-0.1, -0.05) is 30.3 Å². The summed E-state index contributed by atoms with van der Waals surface area (Å²) in [6, 6.07) is 9.47. The number of nitrogens with zero attached hydrogens (tertiary/aromatic N) is 1. The monoisotopic (exact) mass is 406 g/mol. The highest BCUT2D eigenvalue weighted by Crippen LogP contribution is 2.40. The van der Waals surface area contributed by atoms with Gasteiger partial charge in [-0.05, 0) is 64.0 Å². The smallest absolute Gasteiger partial charge is 0.407 e. The molecule has 0 aliphatic carbocycles. The molecule has 7 heteroatoms. The first-order valence-electron chi connectivity index (χ1n) is 9.87. The number of carbonyl (C=O) groups is 1. The molecule has 28 heavy (non-hydrogen) atoms. The summed E-state index contributed by atoms with van der Waals surface area (Å²) < 4.78 is 32.8. The normalized spacial score (nSPS) is 25.8. The molecule has 1 N–H and O–H groups in total. The topological polar surface area (TPSA) is 75.7 Å². The molecule has 2 aliphatic rings. The number of rotatable bonds is 5. The second-order valence-electron chi connectivity index (χ2n) is 8.69. The molecule has 0 radical (unpaired) electrons. The third-order valence-corrected chi connectivity index (χ3v) is 6.89. The highest BCUT2D eigenvalue weighted by atomic mass is 32.2. The Kier molecular flexibility index (Phi) is 6.15. The van der Waals surface area contributed by atoms with Crippen LogP contribution in [0.25, 0.3) is 6.08 Å². The van der Waals surface area contributed by atoms with Crippen LogP contribution in [0.3, 0.4) is 0 Å². The molecular weight excluding hydrogens is 376 g/mol. The Morgan fingerprint density at radius 3 is 2.36 bits per heavy atom. The summed E-state index contributed by atoms with van der Waals surface area (Å²) in [6.07, 6.45) is 4.54. The van der Waals surface area contributed by atoms with Crippen molar-refractivity contribution in [2.45, 2.75) is 64.1 Å². The second kappa shape index (κ2) is 8.25. The molecule has 2 unspecified atom stereocenters. The molecule has 0 saturated carbocycles. The standard InChI is InChI=1S/C21H30N2O4S/c1-21(2,3)27-20(24)22-15-17-13-18-9-10-19(14-17)23(18)28(25,26)12-11-16-7-5-4-6-8-16/h4-8,11-12,17-19H,9-10,13-15H2,1-3H3,(H,22,24)/b12-11+. The zero-order valence-electron chi connectivity index (χ0n) is 16.8. The molecule has 0 aromatic heterocycles. The number of amides is 1.